The number of carbonyl (C=O) groups excluding carboxylic acids is 1. The van der Waals surface area contributed by atoms with Crippen molar-refractivity contribution in [3.8, 4) is 0 Å². The van der Waals surface area contributed by atoms with Crippen molar-refractivity contribution >= 4 is 18.3 Å². The summed E-state index contributed by atoms with van der Waals surface area (Å²) >= 11 is 0. The second kappa shape index (κ2) is 5.68. The van der Waals surface area contributed by atoms with E-state index in [-0.39, 0.29) is 18.3 Å². The first-order valence-electron chi connectivity index (χ1n) is 5.38. The lowest BCUT2D eigenvalue weighted by Crippen LogP contribution is -2.54. The molecule has 1 unspecified atom stereocenters. The Balaban J connectivity index is 0.00000112. The van der Waals surface area contributed by atoms with Gasteiger partial charge in [0.15, 0.2) is 0 Å². The molecule has 0 aromatic carbocycles. The van der Waals surface area contributed by atoms with Crippen molar-refractivity contribution in [3.63, 3.8) is 0 Å². The molecule has 2 rings (SSSR count). The molecule has 2 aliphatic rings. The summed E-state index contributed by atoms with van der Waals surface area (Å²) in [5.41, 5.74) is 0. The van der Waals surface area contributed by atoms with Crippen molar-refractivity contribution in [1.29, 1.82) is 0 Å². The van der Waals surface area contributed by atoms with E-state index in [0.29, 0.717) is 18.6 Å². The lowest BCUT2D eigenvalue weighted by atomic mass is 10.0. The Bertz CT molecular complexity index is 221. The molecule has 88 valence electrons. The van der Waals surface area contributed by atoms with Crippen LogP contribution in [-0.4, -0.2) is 49.7 Å². The molecule has 0 spiro atoms. The van der Waals surface area contributed by atoms with E-state index in [1.807, 2.05) is 4.90 Å². The quantitative estimate of drug-likeness (QED) is 0.708. The van der Waals surface area contributed by atoms with E-state index in [1.165, 1.54) is 0 Å². The Morgan fingerprint density at radius 2 is 2.13 bits per heavy atom. The molecule has 15 heavy (non-hydrogen) atoms. The van der Waals surface area contributed by atoms with Gasteiger partial charge in [-0.05, 0) is 13.3 Å². The van der Waals surface area contributed by atoms with Crippen molar-refractivity contribution in [2.75, 3.05) is 32.8 Å². The normalized spacial score (nSPS) is 27.5. The molecule has 0 aromatic rings. The number of hydrogen-bond acceptors (Lipinski definition) is 3. The third-order valence-electron chi connectivity index (χ3n) is 3.10. The van der Waals surface area contributed by atoms with E-state index in [1.54, 1.807) is 0 Å². The van der Waals surface area contributed by atoms with E-state index in [0.717, 1.165) is 32.7 Å². The first-order chi connectivity index (χ1) is 6.79. The molecule has 4 nitrogen and oxygen atoms in total. The zero-order valence-corrected chi connectivity index (χ0v) is 9.89. The van der Waals surface area contributed by atoms with E-state index in [4.69, 9.17) is 4.74 Å². The fourth-order valence-electron chi connectivity index (χ4n) is 1.92. The van der Waals surface area contributed by atoms with Gasteiger partial charge >= 0.3 is 0 Å². The Morgan fingerprint density at radius 1 is 1.40 bits per heavy atom. The number of ether oxygens (including phenoxy) is 1. The summed E-state index contributed by atoms with van der Waals surface area (Å²) in [6.45, 7) is 6.05. The number of amides is 1. The summed E-state index contributed by atoms with van der Waals surface area (Å²) < 4.78 is 5.37. The molecule has 2 saturated heterocycles. The van der Waals surface area contributed by atoms with Crippen LogP contribution < -0.4 is 5.32 Å². The van der Waals surface area contributed by atoms with Crippen LogP contribution in [0.2, 0.25) is 0 Å². The second-order valence-corrected chi connectivity index (χ2v) is 4.14. The van der Waals surface area contributed by atoms with Crippen LogP contribution in [0.3, 0.4) is 0 Å². The van der Waals surface area contributed by atoms with Crippen LogP contribution in [0.4, 0.5) is 0 Å². The molecule has 2 fully saturated rings. The van der Waals surface area contributed by atoms with Crippen molar-refractivity contribution in [2.45, 2.75) is 19.4 Å². The predicted molar refractivity (Wildman–Crippen MR) is 60.2 cm³/mol. The molecule has 5 heteroatoms. The largest absolute Gasteiger partial charge is 0.380 e. The number of nitrogens with zero attached hydrogens (tertiary/aromatic N) is 1. The Kier molecular flexibility index (Phi) is 4.83. The number of rotatable bonds is 1. The fraction of sp³-hybridized carbons (Fsp3) is 0.900. The van der Waals surface area contributed by atoms with Crippen LogP contribution >= 0.6 is 12.4 Å². The van der Waals surface area contributed by atoms with E-state index in [9.17, 15) is 4.79 Å². The average Bonchev–Trinajstić information content (AvgIpc) is 2.26. The van der Waals surface area contributed by atoms with E-state index >= 15 is 0 Å². The van der Waals surface area contributed by atoms with Crippen molar-refractivity contribution in [1.82, 2.24) is 10.2 Å². The molecule has 2 heterocycles. The third kappa shape index (κ3) is 2.83. The van der Waals surface area contributed by atoms with Crippen LogP contribution in [0, 0.1) is 5.92 Å². The minimum atomic E-state index is 0. The standard InChI is InChI=1S/C10H18N2O2.ClH/c1-8-2-4-14-5-3-12(8)10(13)9-6-11-7-9;/h8-9,11H,2-7H2,1H3;1H. The summed E-state index contributed by atoms with van der Waals surface area (Å²) in [4.78, 5) is 14.0. The van der Waals surface area contributed by atoms with Crippen LogP contribution in [0.25, 0.3) is 0 Å². The zero-order chi connectivity index (χ0) is 9.97. The van der Waals surface area contributed by atoms with E-state index in [2.05, 4.69) is 12.2 Å². The van der Waals surface area contributed by atoms with Crippen LogP contribution in [0.5, 0.6) is 0 Å². The van der Waals surface area contributed by atoms with Crippen molar-refractivity contribution in [2.24, 2.45) is 5.92 Å². The molecule has 1 amide bonds. The molecule has 0 aliphatic carbocycles. The molecule has 1 N–H and O–H groups in total. The van der Waals surface area contributed by atoms with Gasteiger partial charge in [-0.3, -0.25) is 4.79 Å². The summed E-state index contributed by atoms with van der Waals surface area (Å²) in [6.07, 6.45) is 0.964. The highest BCUT2D eigenvalue weighted by atomic mass is 35.5. The van der Waals surface area contributed by atoms with Crippen molar-refractivity contribution < 1.29 is 9.53 Å². The Hall–Kier alpha value is -0.320. The lowest BCUT2D eigenvalue weighted by molar-refractivity contribution is -0.139. The van der Waals surface area contributed by atoms with Crippen LogP contribution in [0.15, 0.2) is 0 Å². The minimum absolute atomic E-state index is 0. The Morgan fingerprint density at radius 3 is 2.73 bits per heavy atom. The molecule has 0 bridgehead atoms. The molecular weight excluding hydrogens is 216 g/mol. The van der Waals surface area contributed by atoms with Gasteiger partial charge in [0.1, 0.15) is 0 Å². The monoisotopic (exact) mass is 234 g/mol. The van der Waals surface area contributed by atoms with Crippen LogP contribution in [-0.2, 0) is 9.53 Å². The van der Waals surface area contributed by atoms with Gasteiger partial charge in [0, 0.05) is 32.3 Å². The first kappa shape index (κ1) is 12.7. The number of nitrogens with one attached hydrogen (secondary N) is 1. The second-order valence-electron chi connectivity index (χ2n) is 4.14. The minimum Gasteiger partial charge on any atom is -0.380 e. The number of halogens is 1. The fourth-order valence-corrected chi connectivity index (χ4v) is 1.92. The zero-order valence-electron chi connectivity index (χ0n) is 9.07. The Labute approximate surface area is 96.7 Å². The summed E-state index contributed by atoms with van der Waals surface area (Å²) in [7, 11) is 0. The maximum atomic E-state index is 12.0. The van der Waals surface area contributed by atoms with Crippen molar-refractivity contribution in [3.05, 3.63) is 0 Å². The highest BCUT2D eigenvalue weighted by molar-refractivity contribution is 5.85. The molecule has 2 aliphatic heterocycles. The highest BCUT2D eigenvalue weighted by Crippen LogP contribution is 2.14. The molecule has 0 radical (unpaired) electrons. The molecule has 0 aromatic heterocycles. The summed E-state index contributed by atoms with van der Waals surface area (Å²) in [6, 6.07) is 0.339. The summed E-state index contributed by atoms with van der Waals surface area (Å²) in [5, 5.41) is 3.13. The topological polar surface area (TPSA) is 41.6 Å². The molecule has 0 saturated carbocycles. The molecular formula is C10H19ClN2O2. The predicted octanol–water partition coefficient (Wildman–Crippen LogP) is 0.265. The van der Waals surface area contributed by atoms with Gasteiger partial charge in [-0.15, -0.1) is 12.4 Å². The van der Waals surface area contributed by atoms with Gasteiger partial charge in [0.2, 0.25) is 5.91 Å². The van der Waals surface area contributed by atoms with Gasteiger partial charge in [-0.1, -0.05) is 0 Å². The van der Waals surface area contributed by atoms with Gasteiger partial charge in [-0.25, -0.2) is 0 Å². The van der Waals surface area contributed by atoms with Gasteiger partial charge in [-0.2, -0.15) is 0 Å². The number of hydrogen-bond donors (Lipinski definition) is 1. The lowest BCUT2D eigenvalue weighted by Gasteiger charge is -2.34. The average molecular weight is 235 g/mol. The third-order valence-corrected chi connectivity index (χ3v) is 3.10. The maximum Gasteiger partial charge on any atom is 0.228 e. The first-order valence-corrected chi connectivity index (χ1v) is 5.38. The van der Waals surface area contributed by atoms with E-state index < -0.39 is 0 Å². The molecule has 1 atom stereocenters. The SMILES string of the molecule is CC1CCOCCN1C(=O)C1CNC1.Cl. The van der Waals surface area contributed by atoms with Crippen LogP contribution in [0.1, 0.15) is 13.3 Å². The van der Waals surface area contributed by atoms with Gasteiger partial charge in [0.25, 0.3) is 0 Å². The highest BCUT2D eigenvalue weighted by Gasteiger charge is 2.31. The number of carbonyl (C=O) groups is 1. The van der Waals surface area contributed by atoms with Gasteiger partial charge < -0.3 is 15.0 Å². The van der Waals surface area contributed by atoms with Gasteiger partial charge in [0.05, 0.1) is 12.5 Å². The maximum absolute atomic E-state index is 12.0. The smallest absolute Gasteiger partial charge is 0.228 e. The summed E-state index contributed by atoms with van der Waals surface area (Å²) in [5.74, 6) is 0.525.